The third-order valence-electron chi connectivity index (χ3n) is 4.95. The van der Waals surface area contributed by atoms with Gasteiger partial charge in [-0.15, -0.1) is 0 Å². The van der Waals surface area contributed by atoms with Crippen LogP contribution in [0.5, 0.6) is 0 Å². The minimum atomic E-state index is -1.92. The lowest BCUT2D eigenvalue weighted by atomic mass is 10.1. The molecule has 1 heterocycles. The van der Waals surface area contributed by atoms with E-state index in [9.17, 15) is 0 Å². The van der Waals surface area contributed by atoms with Crippen LogP contribution >= 0.6 is 11.6 Å². The number of benzene rings is 1. The van der Waals surface area contributed by atoms with Crippen LogP contribution in [0.25, 0.3) is 11.3 Å². The van der Waals surface area contributed by atoms with E-state index in [4.69, 9.17) is 20.4 Å². The van der Waals surface area contributed by atoms with E-state index in [1.54, 1.807) is 6.20 Å². The average Bonchev–Trinajstić information content (AvgIpc) is 3.01. The summed E-state index contributed by atoms with van der Waals surface area (Å²) in [5, 5.41) is 0.711. The molecule has 2 rings (SSSR count). The monoisotopic (exact) mass is 365 g/mol. The Bertz CT molecular complexity index is 632. The molecule has 0 aliphatic rings. The number of rotatable bonds is 7. The predicted octanol–water partition coefficient (Wildman–Crippen LogP) is 6.69. The van der Waals surface area contributed by atoms with E-state index in [1.807, 2.05) is 18.2 Å². The third kappa shape index (κ3) is 3.76. The van der Waals surface area contributed by atoms with E-state index in [1.165, 1.54) is 6.39 Å². The third-order valence-corrected chi connectivity index (χ3v) is 11.2. The SMILES string of the molecule is CC(C)[Si](OCc1cc(Cl)ccc1-c1cnco1)(C(C)C)C(C)C. The lowest BCUT2D eigenvalue weighted by Crippen LogP contribution is -2.47. The lowest BCUT2D eigenvalue weighted by Gasteiger charge is -2.42. The maximum Gasteiger partial charge on any atom is 0.200 e. The molecular weight excluding hydrogens is 338 g/mol. The predicted molar refractivity (Wildman–Crippen MR) is 103 cm³/mol. The Hall–Kier alpha value is -1.10. The Kier molecular flexibility index (Phi) is 6.29. The Balaban J connectivity index is 2.35. The van der Waals surface area contributed by atoms with Gasteiger partial charge in [-0.1, -0.05) is 53.1 Å². The molecule has 3 nitrogen and oxygen atoms in total. The number of hydrogen-bond acceptors (Lipinski definition) is 3. The number of nitrogens with zero attached hydrogens (tertiary/aromatic N) is 1. The number of halogens is 1. The fraction of sp³-hybridized carbons (Fsp3) is 0.526. The van der Waals surface area contributed by atoms with Crippen LogP contribution in [-0.4, -0.2) is 13.3 Å². The zero-order valence-electron chi connectivity index (χ0n) is 15.5. The second kappa shape index (κ2) is 7.85. The molecule has 0 saturated heterocycles. The largest absolute Gasteiger partial charge is 0.444 e. The van der Waals surface area contributed by atoms with Crippen molar-refractivity contribution in [3.8, 4) is 11.3 Å². The van der Waals surface area contributed by atoms with Gasteiger partial charge in [0, 0.05) is 10.6 Å². The standard InChI is InChI=1S/C19H28ClNO2Si/c1-13(2)24(14(3)4,15(5)6)23-11-16-9-17(20)7-8-18(16)19-10-21-12-22-19/h7-10,12-15H,11H2,1-6H3. The highest BCUT2D eigenvalue weighted by Crippen LogP contribution is 2.43. The second-order valence-electron chi connectivity index (χ2n) is 7.27. The van der Waals surface area contributed by atoms with E-state index in [0.29, 0.717) is 28.3 Å². The van der Waals surface area contributed by atoms with E-state index < -0.39 is 8.32 Å². The fourth-order valence-corrected chi connectivity index (χ4v) is 9.57. The zero-order valence-corrected chi connectivity index (χ0v) is 17.2. The molecule has 1 aromatic carbocycles. The van der Waals surface area contributed by atoms with Crippen molar-refractivity contribution in [1.82, 2.24) is 4.98 Å². The first-order valence-electron chi connectivity index (χ1n) is 8.60. The normalized spacial score (nSPS) is 12.6. The highest BCUT2D eigenvalue weighted by molar-refractivity contribution is 6.77. The van der Waals surface area contributed by atoms with Crippen molar-refractivity contribution >= 4 is 19.9 Å². The summed E-state index contributed by atoms with van der Waals surface area (Å²) in [6.45, 7) is 14.3. The molecule has 0 saturated carbocycles. The number of aromatic nitrogens is 1. The van der Waals surface area contributed by atoms with Crippen LogP contribution in [0.1, 0.15) is 47.1 Å². The summed E-state index contributed by atoms with van der Waals surface area (Å²) >= 11 is 6.23. The van der Waals surface area contributed by atoms with Crippen LogP contribution in [0.4, 0.5) is 0 Å². The molecule has 24 heavy (non-hydrogen) atoms. The molecular formula is C19H28ClNO2Si. The molecule has 5 heteroatoms. The van der Waals surface area contributed by atoms with Crippen LogP contribution in [0.3, 0.4) is 0 Å². The van der Waals surface area contributed by atoms with Gasteiger partial charge in [0.2, 0.25) is 8.32 Å². The van der Waals surface area contributed by atoms with Crippen molar-refractivity contribution in [2.24, 2.45) is 0 Å². The molecule has 0 atom stereocenters. The first-order chi connectivity index (χ1) is 11.3. The highest BCUT2D eigenvalue weighted by Gasteiger charge is 2.45. The van der Waals surface area contributed by atoms with Crippen molar-refractivity contribution in [2.75, 3.05) is 0 Å². The van der Waals surface area contributed by atoms with Gasteiger partial charge in [0.25, 0.3) is 0 Å². The summed E-state index contributed by atoms with van der Waals surface area (Å²) < 4.78 is 12.2. The molecule has 0 spiro atoms. The maximum absolute atomic E-state index is 6.71. The summed E-state index contributed by atoms with van der Waals surface area (Å²) in [6.07, 6.45) is 3.18. The summed E-state index contributed by atoms with van der Waals surface area (Å²) in [5.74, 6) is 0.746. The first kappa shape index (κ1) is 19.2. The van der Waals surface area contributed by atoms with Gasteiger partial charge in [0.15, 0.2) is 12.2 Å². The van der Waals surface area contributed by atoms with Crippen LogP contribution in [-0.2, 0) is 11.0 Å². The van der Waals surface area contributed by atoms with Crippen molar-refractivity contribution in [3.63, 3.8) is 0 Å². The Morgan fingerprint density at radius 1 is 1.08 bits per heavy atom. The van der Waals surface area contributed by atoms with E-state index in [-0.39, 0.29) is 0 Å². The van der Waals surface area contributed by atoms with Crippen molar-refractivity contribution < 1.29 is 8.84 Å². The van der Waals surface area contributed by atoms with Crippen molar-refractivity contribution in [1.29, 1.82) is 0 Å². The molecule has 0 amide bonds. The second-order valence-corrected chi connectivity index (χ2v) is 13.2. The highest BCUT2D eigenvalue weighted by atomic mass is 35.5. The number of oxazole rings is 1. The number of hydrogen-bond donors (Lipinski definition) is 0. The van der Waals surface area contributed by atoms with E-state index >= 15 is 0 Å². The Labute approximate surface area is 151 Å². The summed E-state index contributed by atoms with van der Waals surface area (Å²) in [6, 6.07) is 5.82. The van der Waals surface area contributed by atoms with Gasteiger partial charge in [-0.2, -0.15) is 0 Å². The molecule has 0 bridgehead atoms. The van der Waals surface area contributed by atoms with Gasteiger partial charge in [-0.05, 0) is 40.4 Å². The van der Waals surface area contributed by atoms with Crippen molar-refractivity contribution in [3.05, 3.63) is 41.4 Å². The quantitative estimate of drug-likeness (QED) is 0.513. The molecule has 0 N–H and O–H groups in total. The first-order valence-corrected chi connectivity index (χ1v) is 11.1. The molecule has 0 fully saturated rings. The molecule has 0 aliphatic heterocycles. The Morgan fingerprint density at radius 2 is 1.71 bits per heavy atom. The molecule has 0 unspecified atom stereocenters. The van der Waals surface area contributed by atoms with Gasteiger partial charge >= 0.3 is 0 Å². The average molecular weight is 366 g/mol. The molecule has 132 valence electrons. The summed E-state index contributed by atoms with van der Waals surface area (Å²) in [4.78, 5) is 4.02. The van der Waals surface area contributed by atoms with Crippen LogP contribution < -0.4 is 0 Å². The summed E-state index contributed by atoms with van der Waals surface area (Å²) in [5.41, 5.74) is 3.69. The molecule has 0 radical (unpaired) electrons. The van der Waals surface area contributed by atoms with Crippen LogP contribution in [0, 0.1) is 0 Å². The van der Waals surface area contributed by atoms with Gasteiger partial charge in [-0.3, -0.25) is 0 Å². The van der Waals surface area contributed by atoms with Gasteiger partial charge < -0.3 is 8.84 Å². The minimum absolute atomic E-state index is 0.547. The van der Waals surface area contributed by atoms with E-state index in [0.717, 1.165) is 16.9 Å². The molecule has 1 aromatic heterocycles. The smallest absolute Gasteiger partial charge is 0.200 e. The molecule has 0 aliphatic carbocycles. The fourth-order valence-electron chi connectivity index (χ4n) is 3.97. The summed E-state index contributed by atoms with van der Waals surface area (Å²) in [7, 11) is -1.92. The zero-order chi connectivity index (χ0) is 17.9. The minimum Gasteiger partial charge on any atom is -0.444 e. The van der Waals surface area contributed by atoms with Crippen molar-refractivity contribution in [2.45, 2.75) is 64.8 Å². The topological polar surface area (TPSA) is 35.3 Å². The van der Waals surface area contributed by atoms with Gasteiger partial charge in [-0.25, -0.2) is 4.98 Å². The van der Waals surface area contributed by atoms with Crippen LogP contribution in [0.2, 0.25) is 21.6 Å². The molecule has 2 aromatic rings. The lowest BCUT2D eigenvalue weighted by molar-refractivity contribution is 0.266. The van der Waals surface area contributed by atoms with Gasteiger partial charge in [0.05, 0.1) is 12.8 Å². The van der Waals surface area contributed by atoms with E-state index in [2.05, 4.69) is 46.5 Å². The van der Waals surface area contributed by atoms with Gasteiger partial charge in [0.1, 0.15) is 0 Å². The van der Waals surface area contributed by atoms with Crippen LogP contribution in [0.15, 0.2) is 35.2 Å². The Morgan fingerprint density at radius 3 is 2.21 bits per heavy atom. The maximum atomic E-state index is 6.71.